The minimum absolute atomic E-state index is 0.307. The first-order valence-corrected chi connectivity index (χ1v) is 5.58. The van der Waals surface area contributed by atoms with Crippen LogP contribution in [0.5, 0.6) is 5.75 Å². The van der Waals surface area contributed by atoms with Gasteiger partial charge in [0.1, 0.15) is 5.75 Å². The summed E-state index contributed by atoms with van der Waals surface area (Å²) in [6.45, 7) is 1.81. The maximum absolute atomic E-state index is 9.42. The van der Waals surface area contributed by atoms with E-state index in [9.17, 15) is 5.11 Å². The van der Waals surface area contributed by atoms with E-state index in [0.29, 0.717) is 6.42 Å². The average molecular weight is 206 g/mol. The molecule has 1 aromatic carbocycles. The van der Waals surface area contributed by atoms with E-state index in [1.165, 1.54) is 24.0 Å². The fourth-order valence-electron chi connectivity index (χ4n) is 2.41. The second-order valence-corrected chi connectivity index (χ2v) is 4.30. The first kappa shape index (κ1) is 10.5. The van der Waals surface area contributed by atoms with Crippen LogP contribution in [-0.2, 0) is 19.3 Å². The molecule has 2 nitrogen and oxygen atoms in total. The molecule has 0 bridgehead atoms. The molecule has 1 atom stereocenters. The van der Waals surface area contributed by atoms with E-state index >= 15 is 0 Å². The number of benzene rings is 1. The molecule has 0 amide bonds. The van der Waals surface area contributed by atoms with Crippen LogP contribution in [0.25, 0.3) is 0 Å². The van der Waals surface area contributed by atoms with Gasteiger partial charge in [-0.15, -0.1) is 0 Å². The Morgan fingerprint density at radius 3 is 2.87 bits per heavy atom. The molecule has 0 saturated heterocycles. The molecule has 1 aliphatic rings. The molecule has 0 radical (unpaired) electrons. The van der Waals surface area contributed by atoms with Crippen LogP contribution in [0.15, 0.2) is 12.1 Å². The van der Waals surface area contributed by atoms with E-state index in [-0.39, 0.29) is 6.10 Å². The molecule has 0 saturated carbocycles. The lowest BCUT2D eigenvalue weighted by molar-refractivity contribution is 0.194. The van der Waals surface area contributed by atoms with E-state index in [0.717, 1.165) is 17.7 Å². The SMILES string of the molecule is COc1c(CC(C)O)ccc2c1CCC2. The van der Waals surface area contributed by atoms with E-state index in [2.05, 4.69) is 12.1 Å². The van der Waals surface area contributed by atoms with Crippen molar-refractivity contribution in [2.75, 3.05) is 7.11 Å². The van der Waals surface area contributed by atoms with Crippen molar-refractivity contribution in [3.63, 3.8) is 0 Å². The zero-order chi connectivity index (χ0) is 10.8. The van der Waals surface area contributed by atoms with Crippen LogP contribution in [-0.4, -0.2) is 18.3 Å². The molecule has 0 spiro atoms. The standard InChI is InChI=1S/C13H18O2/c1-9(14)8-11-7-6-10-4-3-5-12(10)13(11)15-2/h6-7,9,14H,3-5,8H2,1-2H3. The van der Waals surface area contributed by atoms with Gasteiger partial charge in [0.25, 0.3) is 0 Å². The fraction of sp³-hybridized carbons (Fsp3) is 0.538. The third kappa shape index (κ3) is 2.00. The Hall–Kier alpha value is -1.02. The Kier molecular flexibility index (Phi) is 2.96. The second kappa shape index (κ2) is 4.23. The summed E-state index contributed by atoms with van der Waals surface area (Å²) in [5.74, 6) is 1.01. The molecule has 0 aliphatic heterocycles. The number of ether oxygens (including phenoxy) is 1. The van der Waals surface area contributed by atoms with Gasteiger partial charge in [0, 0.05) is 6.42 Å². The molecule has 2 heteroatoms. The molecule has 1 unspecified atom stereocenters. The smallest absolute Gasteiger partial charge is 0.125 e. The Labute approximate surface area is 90.9 Å². The zero-order valence-corrected chi connectivity index (χ0v) is 9.42. The summed E-state index contributed by atoms with van der Waals surface area (Å²) in [5, 5.41) is 9.42. The van der Waals surface area contributed by atoms with E-state index in [1.54, 1.807) is 7.11 Å². The van der Waals surface area contributed by atoms with Crippen molar-refractivity contribution in [1.82, 2.24) is 0 Å². The van der Waals surface area contributed by atoms with Gasteiger partial charge in [0.15, 0.2) is 0 Å². The van der Waals surface area contributed by atoms with Crippen molar-refractivity contribution in [2.45, 2.75) is 38.7 Å². The van der Waals surface area contributed by atoms with Gasteiger partial charge in [0.2, 0.25) is 0 Å². The van der Waals surface area contributed by atoms with Crippen LogP contribution < -0.4 is 4.74 Å². The summed E-state index contributed by atoms with van der Waals surface area (Å²) in [6.07, 6.45) is 3.88. The summed E-state index contributed by atoms with van der Waals surface area (Å²) in [5.41, 5.74) is 3.91. The largest absolute Gasteiger partial charge is 0.496 e. The van der Waals surface area contributed by atoms with Crippen molar-refractivity contribution < 1.29 is 9.84 Å². The highest BCUT2D eigenvalue weighted by Gasteiger charge is 2.18. The molecule has 0 heterocycles. The molecular weight excluding hydrogens is 188 g/mol. The van der Waals surface area contributed by atoms with Gasteiger partial charge in [-0.25, -0.2) is 0 Å². The number of rotatable bonds is 3. The monoisotopic (exact) mass is 206 g/mol. The molecule has 82 valence electrons. The van der Waals surface area contributed by atoms with Crippen LogP contribution in [0.3, 0.4) is 0 Å². The number of aliphatic hydroxyl groups is 1. The number of aliphatic hydroxyl groups excluding tert-OH is 1. The van der Waals surface area contributed by atoms with Crippen molar-refractivity contribution in [3.8, 4) is 5.75 Å². The van der Waals surface area contributed by atoms with Crippen LogP contribution in [0.2, 0.25) is 0 Å². The molecule has 0 aromatic heterocycles. The highest BCUT2D eigenvalue weighted by Crippen LogP contribution is 2.34. The van der Waals surface area contributed by atoms with E-state index < -0.39 is 0 Å². The molecular formula is C13H18O2. The van der Waals surface area contributed by atoms with E-state index in [4.69, 9.17) is 4.74 Å². The van der Waals surface area contributed by atoms with Crippen LogP contribution in [0.4, 0.5) is 0 Å². The highest BCUT2D eigenvalue weighted by molar-refractivity contribution is 5.48. The topological polar surface area (TPSA) is 29.5 Å². The Bertz CT molecular complexity index is 356. The van der Waals surface area contributed by atoms with Crippen molar-refractivity contribution in [1.29, 1.82) is 0 Å². The Balaban J connectivity index is 2.39. The van der Waals surface area contributed by atoms with Crippen molar-refractivity contribution in [2.24, 2.45) is 0 Å². The third-order valence-corrected chi connectivity index (χ3v) is 3.03. The lowest BCUT2D eigenvalue weighted by Crippen LogP contribution is -2.07. The van der Waals surface area contributed by atoms with Crippen LogP contribution in [0.1, 0.15) is 30.0 Å². The van der Waals surface area contributed by atoms with Gasteiger partial charge in [-0.05, 0) is 42.9 Å². The van der Waals surface area contributed by atoms with Crippen LogP contribution in [0, 0.1) is 0 Å². The molecule has 0 fully saturated rings. The Morgan fingerprint density at radius 2 is 2.20 bits per heavy atom. The van der Waals surface area contributed by atoms with Gasteiger partial charge >= 0.3 is 0 Å². The first-order valence-electron chi connectivity index (χ1n) is 5.58. The molecule has 1 aromatic rings. The minimum atomic E-state index is -0.307. The molecule has 2 rings (SSSR count). The fourth-order valence-corrected chi connectivity index (χ4v) is 2.41. The zero-order valence-electron chi connectivity index (χ0n) is 9.42. The minimum Gasteiger partial charge on any atom is -0.496 e. The van der Waals surface area contributed by atoms with Gasteiger partial charge < -0.3 is 9.84 Å². The summed E-state index contributed by atoms with van der Waals surface area (Å²) in [4.78, 5) is 0. The predicted octanol–water partition coefficient (Wildman–Crippen LogP) is 2.11. The van der Waals surface area contributed by atoms with Crippen molar-refractivity contribution >= 4 is 0 Å². The molecule has 1 N–H and O–H groups in total. The maximum atomic E-state index is 9.42. The van der Waals surface area contributed by atoms with Gasteiger partial charge in [-0.1, -0.05) is 12.1 Å². The van der Waals surface area contributed by atoms with Gasteiger partial charge in [-0.2, -0.15) is 0 Å². The lowest BCUT2D eigenvalue weighted by atomic mass is 10.0. The highest BCUT2D eigenvalue weighted by atomic mass is 16.5. The number of aryl methyl sites for hydroxylation is 1. The third-order valence-electron chi connectivity index (χ3n) is 3.03. The van der Waals surface area contributed by atoms with Gasteiger partial charge in [0.05, 0.1) is 13.2 Å². The van der Waals surface area contributed by atoms with Gasteiger partial charge in [-0.3, -0.25) is 0 Å². The first-order chi connectivity index (χ1) is 7.22. The number of hydrogen-bond donors (Lipinski definition) is 1. The molecule has 15 heavy (non-hydrogen) atoms. The quantitative estimate of drug-likeness (QED) is 0.820. The summed E-state index contributed by atoms with van der Waals surface area (Å²) in [6, 6.07) is 4.28. The Morgan fingerprint density at radius 1 is 1.40 bits per heavy atom. The number of hydrogen-bond acceptors (Lipinski definition) is 2. The summed E-state index contributed by atoms with van der Waals surface area (Å²) >= 11 is 0. The normalized spacial score (nSPS) is 16.2. The number of fused-ring (bicyclic) bond motifs is 1. The lowest BCUT2D eigenvalue weighted by Gasteiger charge is -2.14. The van der Waals surface area contributed by atoms with E-state index in [1.807, 2.05) is 6.92 Å². The average Bonchev–Trinajstić information content (AvgIpc) is 2.64. The van der Waals surface area contributed by atoms with Crippen LogP contribution >= 0.6 is 0 Å². The maximum Gasteiger partial charge on any atom is 0.125 e. The summed E-state index contributed by atoms with van der Waals surface area (Å²) in [7, 11) is 1.72. The second-order valence-electron chi connectivity index (χ2n) is 4.30. The van der Waals surface area contributed by atoms with Crippen molar-refractivity contribution in [3.05, 3.63) is 28.8 Å². The predicted molar refractivity (Wildman–Crippen MR) is 60.4 cm³/mol. The number of methoxy groups -OCH3 is 1. The summed E-state index contributed by atoms with van der Waals surface area (Å²) < 4.78 is 5.48. The molecule has 1 aliphatic carbocycles.